The van der Waals surface area contributed by atoms with E-state index in [-0.39, 0.29) is 5.75 Å². The Bertz CT molecular complexity index is 695. The van der Waals surface area contributed by atoms with Crippen LogP contribution < -0.4 is 4.74 Å². The summed E-state index contributed by atoms with van der Waals surface area (Å²) in [6.07, 6.45) is -9.82. The van der Waals surface area contributed by atoms with E-state index >= 15 is 0 Å². The van der Waals surface area contributed by atoms with Crippen molar-refractivity contribution in [1.82, 2.24) is 0 Å². The summed E-state index contributed by atoms with van der Waals surface area (Å²) >= 11 is 0. The fourth-order valence-corrected chi connectivity index (χ4v) is 2.21. The highest BCUT2D eigenvalue weighted by Gasteiger charge is 2.87. The second-order valence-corrected chi connectivity index (χ2v) is 6.11. The molecule has 28 heavy (non-hydrogen) atoms. The molecule has 0 fully saturated rings. The van der Waals surface area contributed by atoms with Gasteiger partial charge in [0.1, 0.15) is 5.75 Å². The summed E-state index contributed by atoms with van der Waals surface area (Å²) in [7, 11) is 1.11. The topological polar surface area (TPSA) is 29.5 Å². The predicted octanol–water partition coefficient (Wildman–Crippen LogP) is 5.40. The number of hydrogen-bond donors (Lipinski definition) is 1. The fraction of sp³-hybridized carbons (Fsp3) is 0.600. The maximum atomic E-state index is 13.9. The number of hydrogen-bond acceptors (Lipinski definition) is 2. The van der Waals surface area contributed by atoms with Crippen molar-refractivity contribution < 1.29 is 58.1 Å². The van der Waals surface area contributed by atoms with Crippen LogP contribution in [-0.4, -0.2) is 42.1 Å². The van der Waals surface area contributed by atoms with E-state index in [1.54, 1.807) is 0 Å². The molecule has 0 bridgehead atoms. The maximum absolute atomic E-state index is 13.9. The molecular formula is C15H13F11O2. The Labute approximate surface area is 150 Å². The first kappa shape index (κ1) is 24.2. The molecule has 162 valence electrons. The molecule has 0 saturated heterocycles. The summed E-state index contributed by atoms with van der Waals surface area (Å²) in [5.74, 6) is -28.4. The minimum absolute atomic E-state index is 0.0678. The molecular weight excluding hydrogens is 421 g/mol. The molecule has 1 N–H and O–H groups in total. The molecule has 0 radical (unpaired) electrons. The van der Waals surface area contributed by atoms with Gasteiger partial charge >= 0.3 is 29.9 Å². The highest BCUT2D eigenvalue weighted by atomic mass is 19.4. The SMILES string of the molecule is COc1cccc(C(C)(O)CC(F)(F)C(F)(F)C(F)(F)C(F)(F)C(F)(F)F)c1. The fourth-order valence-electron chi connectivity index (χ4n) is 2.21. The molecule has 0 saturated carbocycles. The Morgan fingerprint density at radius 3 is 1.75 bits per heavy atom. The Kier molecular flexibility index (Phi) is 5.99. The Morgan fingerprint density at radius 2 is 1.32 bits per heavy atom. The molecule has 2 nitrogen and oxygen atoms in total. The Balaban J connectivity index is 3.35. The molecule has 0 amide bonds. The van der Waals surface area contributed by atoms with Crippen molar-refractivity contribution in [2.24, 2.45) is 0 Å². The van der Waals surface area contributed by atoms with Gasteiger partial charge in [-0.25, -0.2) is 0 Å². The van der Waals surface area contributed by atoms with E-state index in [1.165, 1.54) is 6.07 Å². The first-order chi connectivity index (χ1) is 12.2. The van der Waals surface area contributed by atoms with Crippen LogP contribution in [-0.2, 0) is 5.60 Å². The molecule has 1 aromatic rings. The van der Waals surface area contributed by atoms with Crippen molar-refractivity contribution in [3.63, 3.8) is 0 Å². The van der Waals surface area contributed by atoms with Gasteiger partial charge in [0.2, 0.25) is 0 Å². The Hall–Kier alpha value is -1.79. The third kappa shape index (κ3) is 3.85. The molecule has 1 unspecified atom stereocenters. The zero-order valence-electron chi connectivity index (χ0n) is 14.0. The lowest BCUT2D eigenvalue weighted by molar-refractivity contribution is -0.424. The van der Waals surface area contributed by atoms with Crippen LogP contribution in [0.25, 0.3) is 0 Å². The molecule has 0 aromatic heterocycles. The van der Waals surface area contributed by atoms with Gasteiger partial charge < -0.3 is 9.84 Å². The van der Waals surface area contributed by atoms with Gasteiger partial charge in [-0.15, -0.1) is 0 Å². The Morgan fingerprint density at radius 1 is 0.821 bits per heavy atom. The van der Waals surface area contributed by atoms with E-state index in [4.69, 9.17) is 4.74 Å². The largest absolute Gasteiger partial charge is 0.497 e. The zero-order chi connectivity index (χ0) is 22.4. The van der Waals surface area contributed by atoms with Gasteiger partial charge in [-0.2, -0.15) is 48.3 Å². The molecule has 1 aromatic carbocycles. The second kappa shape index (κ2) is 6.92. The van der Waals surface area contributed by atoms with Gasteiger partial charge in [-0.05, 0) is 24.6 Å². The maximum Gasteiger partial charge on any atom is 0.460 e. The number of benzene rings is 1. The van der Waals surface area contributed by atoms with Crippen molar-refractivity contribution in [3.8, 4) is 5.75 Å². The summed E-state index contributed by atoms with van der Waals surface area (Å²) in [4.78, 5) is 0. The summed E-state index contributed by atoms with van der Waals surface area (Å²) in [6, 6.07) is 4.10. The van der Waals surface area contributed by atoms with Crippen molar-refractivity contribution in [2.75, 3.05) is 7.11 Å². The third-order valence-corrected chi connectivity index (χ3v) is 3.86. The van der Waals surface area contributed by atoms with Crippen LogP contribution >= 0.6 is 0 Å². The van der Waals surface area contributed by atoms with Crippen LogP contribution in [0.3, 0.4) is 0 Å². The number of ether oxygens (including phenoxy) is 1. The molecule has 1 atom stereocenters. The average Bonchev–Trinajstić information content (AvgIpc) is 2.52. The summed E-state index contributed by atoms with van der Waals surface area (Å²) in [6.45, 7) is 0.464. The van der Waals surface area contributed by atoms with Crippen LogP contribution in [0.4, 0.5) is 48.3 Å². The van der Waals surface area contributed by atoms with Crippen LogP contribution in [0.1, 0.15) is 18.9 Å². The van der Waals surface area contributed by atoms with Gasteiger partial charge in [-0.1, -0.05) is 12.1 Å². The van der Waals surface area contributed by atoms with E-state index in [0.717, 1.165) is 25.3 Å². The molecule has 0 heterocycles. The monoisotopic (exact) mass is 434 g/mol. The van der Waals surface area contributed by atoms with Crippen molar-refractivity contribution in [1.29, 1.82) is 0 Å². The van der Waals surface area contributed by atoms with Gasteiger partial charge in [0.25, 0.3) is 0 Å². The van der Waals surface area contributed by atoms with Crippen molar-refractivity contribution in [2.45, 2.75) is 48.8 Å². The lowest BCUT2D eigenvalue weighted by Gasteiger charge is -2.39. The lowest BCUT2D eigenvalue weighted by Crippen LogP contribution is -2.67. The molecule has 0 aliphatic rings. The highest BCUT2D eigenvalue weighted by molar-refractivity contribution is 5.32. The highest BCUT2D eigenvalue weighted by Crippen LogP contribution is 2.59. The first-order valence-corrected chi connectivity index (χ1v) is 7.19. The van der Waals surface area contributed by atoms with Crippen molar-refractivity contribution >= 4 is 0 Å². The smallest absolute Gasteiger partial charge is 0.460 e. The zero-order valence-corrected chi connectivity index (χ0v) is 14.0. The van der Waals surface area contributed by atoms with Crippen LogP contribution in [0.2, 0.25) is 0 Å². The first-order valence-electron chi connectivity index (χ1n) is 7.19. The third-order valence-electron chi connectivity index (χ3n) is 3.86. The van der Waals surface area contributed by atoms with E-state index in [9.17, 15) is 53.4 Å². The minimum Gasteiger partial charge on any atom is -0.497 e. The average molecular weight is 434 g/mol. The van der Waals surface area contributed by atoms with Gasteiger partial charge in [-0.3, -0.25) is 0 Å². The number of aliphatic hydroxyl groups is 1. The van der Waals surface area contributed by atoms with E-state index < -0.39 is 47.5 Å². The standard InChI is InChI=1S/C15H13F11O2/c1-10(27,8-4-3-5-9(6-8)28-2)7-11(16,17)12(18,19)13(20,21)14(22,23)15(24,25)26/h3-6,27H,7H2,1-2H3. The quantitative estimate of drug-likeness (QED) is 0.583. The minimum atomic E-state index is -7.51. The molecule has 1 rings (SSSR count). The van der Waals surface area contributed by atoms with E-state index in [1.807, 2.05) is 0 Å². The molecule has 13 heteroatoms. The molecule has 0 aliphatic heterocycles. The lowest BCUT2D eigenvalue weighted by atomic mass is 9.85. The van der Waals surface area contributed by atoms with Gasteiger partial charge in [0.15, 0.2) is 0 Å². The number of halogens is 11. The van der Waals surface area contributed by atoms with E-state index in [2.05, 4.69) is 0 Å². The summed E-state index contributed by atoms with van der Waals surface area (Å²) in [5.41, 5.74) is -3.58. The second-order valence-electron chi connectivity index (χ2n) is 6.11. The number of alkyl halides is 11. The van der Waals surface area contributed by atoms with Crippen LogP contribution in [0.15, 0.2) is 24.3 Å². The summed E-state index contributed by atoms with van der Waals surface area (Å²) in [5, 5.41) is 10.0. The molecule has 0 spiro atoms. The molecule has 0 aliphatic carbocycles. The van der Waals surface area contributed by atoms with Crippen LogP contribution in [0, 0.1) is 0 Å². The van der Waals surface area contributed by atoms with Crippen molar-refractivity contribution in [3.05, 3.63) is 29.8 Å². The predicted molar refractivity (Wildman–Crippen MR) is 73.0 cm³/mol. The van der Waals surface area contributed by atoms with E-state index in [0.29, 0.717) is 6.92 Å². The number of rotatable bonds is 7. The summed E-state index contributed by atoms with van der Waals surface area (Å²) < 4.78 is 148. The van der Waals surface area contributed by atoms with Gasteiger partial charge in [0, 0.05) is 0 Å². The van der Waals surface area contributed by atoms with Crippen LogP contribution in [0.5, 0.6) is 5.75 Å². The van der Waals surface area contributed by atoms with Gasteiger partial charge in [0.05, 0.1) is 19.1 Å². The normalized spacial score (nSPS) is 16.6. The number of methoxy groups -OCH3 is 1.